The molecule has 2 aromatic rings. The number of likely N-dealkylation sites (N-methyl/N-ethyl adjacent to an activating group) is 2. The van der Waals surface area contributed by atoms with Crippen molar-refractivity contribution in [3.8, 4) is 0 Å². The Labute approximate surface area is 174 Å². The van der Waals surface area contributed by atoms with Crippen molar-refractivity contribution >= 4 is 17.5 Å². The fraction of sp³-hybridized carbons (Fsp3) is 0.364. The number of hydrogen-bond donors (Lipinski definition) is 1. The summed E-state index contributed by atoms with van der Waals surface area (Å²) in [7, 11) is 1.82. The molecule has 0 heterocycles. The van der Waals surface area contributed by atoms with Gasteiger partial charge in [-0.2, -0.15) is 13.2 Å². The van der Waals surface area contributed by atoms with Crippen molar-refractivity contribution < 1.29 is 22.8 Å². The third kappa shape index (κ3) is 6.59. The van der Waals surface area contributed by atoms with Gasteiger partial charge in [-0.05, 0) is 50.7 Å². The van der Waals surface area contributed by atoms with Crippen LogP contribution in [0.4, 0.5) is 18.9 Å². The maximum atomic E-state index is 12.9. The molecule has 162 valence electrons. The number of rotatable bonds is 8. The Bertz CT molecular complexity index is 839. The van der Waals surface area contributed by atoms with Crippen LogP contribution in [-0.2, 0) is 11.3 Å². The first-order valence-corrected chi connectivity index (χ1v) is 9.63. The van der Waals surface area contributed by atoms with E-state index in [1.165, 1.54) is 12.1 Å². The summed E-state index contributed by atoms with van der Waals surface area (Å²) in [6.07, 6.45) is -4.45. The van der Waals surface area contributed by atoms with Gasteiger partial charge in [0.25, 0.3) is 5.91 Å². The van der Waals surface area contributed by atoms with Gasteiger partial charge in [-0.3, -0.25) is 14.5 Å². The van der Waals surface area contributed by atoms with Crippen molar-refractivity contribution in [3.05, 3.63) is 65.7 Å². The number of para-hydroxylation sites is 1. The third-order valence-corrected chi connectivity index (χ3v) is 4.77. The number of alkyl halides is 3. The molecule has 0 saturated carbocycles. The second kappa shape index (κ2) is 10.2. The molecule has 2 rings (SSSR count). The second-order valence-electron chi connectivity index (χ2n) is 7.00. The lowest BCUT2D eigenvalue weighted by Gasteiger charge is -2.30. The van der Waals surface area contributed by atoms with Gasteiger partial charge in [0.2, 0.25) is 5.91 Å². The predicted octanol–water partition coefficient (Wildman–Crippen LogP) is 3.85. The molecule has 0 aromatic heterocycles. The lowest BCUT2D eigenvalue weighted by molar-refractivity contribution is -0.123. The number of halogens is 3. The Morgan fingerprint density at radius 3 is 2.17 bits per heavy atom. The van der Waals surface area contributed by atoms with Gasteiger partial charge in [0.05, 0.1) is 6.04 Å². The fourth-order valence-corrected chi connectivity index (χ4v) is 2.96. The van der Waals surface area contributed by atoms with E-state index in [1.54, 1.807) is 17.0 Å². The molecule has 1 N–H and O–H groups in total. The zero-order valence-corrected chi connectivity index (χ0v) is 17.2. The van der Waals surface area contributed by atoms with E-state index >= 15 is 0 Å². The van der Waals surface area contributed by atoms with E-state index in [1.807, 2.05) is 61.4 Å². The summed E-state index contributed by atoms with van der Waals surface area (Å²) < 4.78 is 36.7. The topological polar surface area (TPSA) is 52.7 Å². The van der Waals surface area contributed by atoms with Crippen molar-refractivity contribution in [2.24, 2.45) is 0 Å². The summed E-state index contributed by atoms with van der Waals surface area (Å²) >= 11 is 0. The third-order valence-electron chi connectivity index (χ3n) is 4.77. The molecule has 8 heteroatoms. The number of benzene rings is 2. The molecule has 0 aliphatic rings. The Balaban J connectivity index is 1.98. The van der Waals surface area contributed by atoms with Crippen LogP contribution in [0.1, 0.15) is 29.8 Å². The smallest absolute Gasteiger partial charge is 0.343 e. The lowest BCUT2D eigenvalue weighted by atomic mass is 10.1. The minimum atomic E-state index is -4.45. The van der Waals surface area contributed by atoms with Crippen LogP contribution in [0.3, 0.4) is 0 Å². The highest BCUT2D eigenvalue weighted by Crippen LogP contribution is 2.17. The molecule has 2 amide bonds. The highest BCUT2D eigenvalue weighted by atomic mass is 19.4. The minimum absolute atomic E-state index is 0.0330. The van der Waals surface area contributed by atoms with Crippen molar-refractivity contribution in [2.45, 2.75) is 32.6 Å². The average Bonchev–Trinajstić information content (AvgIpc) is 2.72. The molecular formula is C22H26F3N3O2. The number of nitrogens with one attached hydrogen (secondary N) is 1. The number of anilines is 1. The van der Waals surface area contributed by atoms with Gasteiger partial charge < -0.3 is 10.2 Å². The Morgan fingerprint density at radius 1 is 1.03 bits per heavy atom. The highest BCUT2D eigenvalue weighted by Gasteiger charge is 2.28. The number of hydrogen-bond acceptors (Lipinski definition) is 3. The maximum absolute atomic E-state index is 12.9. The standard InChI is InChI=1S/C22H26F3N3O2/c1-4-28(19-8-6-5-7-9-19)21(30)16(2)27(3)14-17-10-12-18(13-11-17)20(29)26-15-22(23,24)25/h5-13,16H,4,14-15H2,1-3H3,(H,26,29)/t16-/m1/s1. The molecule has 1 atom stereocenters. The van der Waals surface area contributed by atoms with Crippen molar-refractivity contribution in [3.63, 3.8) is 0 Å². The Morgan fingerprint density at radius 2 is 1.63 bits per heavy atom. The van der Waals surface area contributed by atoms with Crippen LogP contribution in [-0.4, -0.2) is 49.1 Å². The molecule has 0 spiro atoms. The first-order chi connectivity index (χ1) is 14.1. The average molecular weight is 421 g/mol. The number of carbonyl (C=O) groups is 2. The molecular weight excluding hydrogens is 395 g/mol. The molecule has 2 aromatic carbocycles. The van der Waals surface area contributed by atoms with Crippen molar-refractivity contribution in [1.29, 1.82) is 0 Å². The van der Waals surface area contributed by atoms with E-state index in [4.69, 9.17) is 0 Å². The molecule has 0 aliphatic carbocycles. The van der Waals surface area contributed by atoms with E-state index in [0.717, 1.165) is 11.3 Å². The monoisotopic (exact) mass is 421 g/mol. The summed E-state index contributed by atoms with van der Waals surface area (Å²) in [6, 6.07) is 15.3. The van der Waals surface area contributed by atoms with Crippen LogP contribution in [0.15, 0.2) is 54.6 Å². The maximum Gasteiger partial charge on any atom is 0.405 e. The van der Waals surface area contributed by atoms with E-state index in [2.05, 4.69) is 0 Å². The summed E-state index contributed by atoms with van der Waals surface area (Å²) in [5.74, 6) is -0.813. The van der Waals surface area contributed by atoms with Gasteiger partial charge in [-0.1, -0.05) is 30.3 Å². The molecule has 0 aliphatic heterocycles. The molecule has 5 nitrogen and oxygen atoms in total. The van der Waals surface area contributed by atoms with Crippen LogP contribution in [0.25, 0.3) is 0 Å². The van der Waals surface area contributed by atoms with E-state index in [0.29, 0.717) is 13.1 Å². The van der Waals surface area contributed by atoms with E-state index in [9.17, 15) is 22.8 Å². The number of nitrogens with zero attached hydrogens (tertiary/aromatic N) is 2. The molecule has 0 saturated heterocycles. The molecule has 0 unspecified atom stereocenters. The summed E-state index contributed by atoms with van der Waals surface area (Å²) in [6.45, 7) is 3.37. The van der Waals surface area contributed by atoms with Crippen LogP contribution in [0.2, 0.25) is 0 Å². The fourth-order valence-electron chi connectivity index (χ4n) is 2.96. The van der Waals surface area contributed by atoms with E-state index < -0.39 is 18.6 Å². The predicted molar refractivity (Wildman–Crippen MR) is 110 cm³/mol. The Kier molecular flexibility index (Phi) is 8.00. The van der Waals surface area contributed by atoms with Crippen LogP contribution >= 0.6 is 0 Å². The highest BCUT2D eigenvalue weighted by molar-refractivity contribution is 5.97. The van der Waals surface area contributed by atoms with Crippen LogP contribution in [0, 0.1) is 0 Å². The normalized spacial score (nSPS) is 12.5. The van der Waals surface area contributed by atoms with Gasteiger partial charge in [0.15, 0.2) is 0 Å². The Hall–Kier alpha value is -2.87. The zero-order valence-electron chi connectivity index (χ0n) is 17.2. The summed E-state index contributed by atoms with van der Waals surface area (Å²) in [5, 5.41) is 1.84. The van der Waals surface area contributed by atoms with Crippen LogP contribution < -0.4 is 10.2 Å². The molecule has 0 bridgehead atoms. The number of carbonyl (C=O) groups excluding carboxylic acids is 2. The van der Waals surface area contributed by atoms with Crippen molar-refractivity contribution in [1.82, 2.24) is 10.2 Å². The second-order valence-corrected chi connectivity index (χ2v) is 7.00. The minimum Gasteiger partial charge on any atom is -0.343 e. The van der Waals surface area contributed by atoms with Gasteiger partial charge >= 0.3 is 6.18 Å². The van der Waals surface area contributed by atoms with Gasteiger partial charge in [0.1, 0.15) is 6.54 Å². The first kappa shape index (κ1) is 23.4. The van der Waals surface area contributed by atoms with Gasteiger partial charge in [-0.25, -0.2) is 0 Å². The SMILES string of the molecule is CCN(C(=O)[C@@H](C)N(C)Cc1ccc(C(=O)NCC(F)(F)F)cc1)c1ccccc1. The van der Waals surface area contributed by atoms with Crippen molar-refractivity contribution in [2.75, 3.05) is 25.0 Å². The van der Waals surface area contributed by atoms with Gasteiger partial charge in [0, 0.05) is 24.3 Å². The van der Waals surface area contributed by atoms with Crippen LogP contribution in [0.5, 0.6) is 0 Å². The zero-order chi connectivity index (χ0) is 22.3. The summed E-state index contributed by atoms with van der Waals surface area (Å²) in [5.41, 5.74) is 1.82. The lowest BCUT2D eigenvalue weighted by Crippen LogP contribution is -2.45. The molecule has 30 heavy (non-hydrogen) atoms. The first-order valence-electron chi connectivity index (χ1n) is 9.63. The quantitative estimate of drug-likeness (QED) is 0.705. The molecule has 0 fully saturated rings. The van der Waals surface area contributed by atoms with E-state index in [-0.39, 0.29) is 17.5 Å². The van der Waals surface area contributed by atoms with Gasteiger partial charge in [-0.15, -0.1) is 0 Å². The summed E-state index contributed by atoms with van der Waals surface area (Å²) in [4.78, 5) is 28.3. The molecule has 0 radical (unpaired) electrons. The number of amides is 2. The largest absolute Gasteiger partial charge is 0.405 e.